The summed E-state index contributed by atoms with van der Waals surface area (Å²) >= 11 is 2.14. The molecule has 0 N–H and O–H groups in total. The number of halogens is 1. The van der Waals surface area contributed by atoms with Crippen molar-refractivity contribution in [2.45, 2.75) is 25.7 Å². The normalized spacial score (nSPS) is 31.2. The first-order valence-corrected chi connectivity index (χ1v) is 8.37. The van der Waals surface area contributed by atoms with Gasteiger partial charge in [0.2, 0.25) is 0 Å². The van der Waals surface area contributed by atoms with Gasteiger partial charge in [-0.05, 0) is 71.7 Å². The van der Waals surface area contributed by atoms with Crippen molar-refractivity contribution in [3.05, 3.63) is 32.9 Å². The van der Waals surface area contributed by atoms with Crippen molar-refractivity contribution in [3.8, 4) is 0 Å². The van der Waals surface area contributed by atoms with E-state index in [2.05, 4.69) is 22.6 Å². The molecule has 2 amide bonds. The van der Waals surface area contributed by atoms with E-state index in [1.165, 1.54) is 30.6 Å². The summed E-state index contributed by atoms with van der Waals surface area (Å²) in [4.78, 5) is 26.5. The van der Waals surface area contributed by atoms with Gasteiger partial charge in [0, 0.05) is 10.1 Å². The molecule has 4 rings (SSSR count). The Kier molecular flexibility index (Phi) is 2.91. The minimum Gasteiger partial charge on any atom is -0.274 e. The van der Waals surface area contributed by atoms with Crippen LogP contribution < -0.4 is 0 Å². The fourth-order valence-electron chi connectivity index (χ4n) is 4.29. The number of benzene rings is 1. The van der Waals surface area contributed by atoms with Crippen LogP contribution in [0.2, 0.25) is 0 Å². The maximum Gasteiger partial charge on any atom is 0.262 e. The van der Waals surface area contributed by atoms with Crippen LogP contribution in [0.5, 0.6) is 0 Å². The van der Waals surface area contributed by atoms with Crippen LogP contribution in [0.1, 0.15) is 46.4 Å². The topological polar surface area (TPSA) is 37.4 Å². The summed E-state index contributed by atoms with van der Waals surface area (Å²) in [5, 5.41) is 0. The van der Waals surface area contributed by atoms with Crippen LogP contribution in [0.4, 0.5) is 0 Å². The first-order valence-electron chi connectivity index (χ1n) is 7.30. The molecule has 0 saturated heterocycles. The number of carbonyl (C=O) groups is 2. The van der Waals surface area contributed by atoms with Crippen LogP contribution in [-0.4, -0.2) is 23.3 Å². The molecule has 3 aliphatic rings. The third-order valence-corrected chi connectivity index (χ3v) is 6.15. The quantitative estimate of drug-likeness (QED) is 0.582. The number of rotatable bonds is 2. The minimum absolute atomic E-state index is 0.0854. The highest BCUT2D eigenvalue weighted by Crippen LogP contribution is 2.48. The smallest absolute Gasteiger partial charge is 0.262 e. The second kappa shape index (κ2) is 4.55. The number of hydrogen-bond donors (Lipinski definition) is 0. The van der Waals surface area contributed by atoms with Gasteiger partial charge in [-0.1, -0.05) is 12.5 Å². The minimum atomic E-state index is -0.0914. The van der Waals surface area contributed by atoms with E-state index in [1.807, 2.05) is 12.1 Å². The van der Waals surface area contributed by atoms with E-state index in [1.54, 1.807) is 6.07 Å². The number of hydrogen-bond acceptors (Lipinski definition) is 2. The maximum atomic E-state index is 12.5. The molecule has 0 aromatic heterocycles. The summed E-state index contributed by atoms with van der Waals surface area (Å²) in [5.74, 6) is 1.95. The van der Waals surface area contributed by atoms with Gasteiger partial charge in [-0.15, -0.1) is 0 Å². The van der Waals surface area contributed by atoms with Crippen LogP contribution in [-0.2, 0) is 0 Å². The SMILES string of the molecule is O=C1c2cccc(I)c2C(=O)N1CC1CC2CCC1C2. The Morgan fingerprint density at radius 3 is 2.65 bits per heavy atom. The molecular weight excluding hydrogens is 365 g/mol. The third kappa shape index (κ3) is 1.76. The van der Waals surface area contributed by atoms with Crippen molar-refractivity contribution in [3.63, 3.8) is 0 Å². The molecule has 1 heterocycles. The van der Waals surface area contributed by atoms with E-state index < -0.39 is 0 Å². The Balaban J connectivity index is 1.60. The van der Waals surface area contributed by atoms with E-state index in [9.17, 15) is 9.59 Å². The first kappa shape index (κ1) is 12.8. The van der Waals surface area contributed by atoms with E-state index in [0.717, 1.165) is 15.4 Å². The molecule has 3 nitrogen and oxygen atoms in total. The van der Waals surface area contributed by atoms with Crippen molar-refractivity contribution >= 4 is 34.4 Å². The molecule has 3 unspecified atom stereocenters. The van der Waals surface area contributed by atoms with Gasteiger partial charge < -0.3 is 0 Å². The molecule has 2 fully saturated rings. The average molecular weight is 381 g/mol. The van der Waals surface area contributed by atoms with E-state index in [-0.39, 0.29) is 11.8 Å². The van der Waals surface area contributed by atoms with Gasteiger partial charge >= 0.3 is 0 Å². The number of amides is 2. The molecule has 3 atom stereocenters. The van der Waals surface area contributed by atoms with Gasteiger partial charge in [-0.2, -0.15) is 0 Å². The van der Waals surface area contributed by atoms with Crippen LogP contribution in [0.3, 0.4) is 0 Å². The molecule has 2 bridgehead atoms. The van der Waals surface area contributed by atoms with Gasteiger partial charge in [-0.3, -0.25) is 14.5 Å². The van der Waals surface area contributed by atoms with Crippen molar-refractivity contribution in [1.82, 2.24) is 4.90 Å². The Bertz CT molecular complexity index is 612. The summed E-state index contributed by atoms with van der Waals surface area (Å²) in [6.45, 7) is 0.629. The number of carbonyl (C=O) groups excluding carboxylic acids is 2. The molecule has 0 spiro atoms. The van der Waals surface area contributed by atoms with Crippen LogP contribution in [0.25, 0.3) is 0 Å². The van der Waals surface area contributed by atoms with Gasteiger partial charge in [0.15, 0.2) is 0 Å². The van der Waals surface area contributed by atoms with Gasteiger partial charge in [0.1, 0.15) is 0 Å². The molecule has 1 aliphatic heterocycles. The zero-order valence-corrected chi connectivity index (χ0v) is 13.3. The van der Waals surface area contributed by atoms with Gasteiger partial charge in [0.25, 0.3) is 11.8 Å². The third-order valence-electron chi connectivity index (χ3n) is 5.25. The molecule has 2 aliphatic carbocycles. The lowest BCUT2D eigenvalue weighted by atomic mass is 9.88. The van der Waals surface area contributed by atoms with E-state index >= 15 is 0 Å². The van der Waals surface area contributed by atoms with Crippen molar-refractivity contribution in [1.29, 1.82) is 0 Å². The molecule has 104 valence electrons. The highest BCUT2D eigenvalue weighted by molar-refractivity contribution is 14.1. The van der Waals surface area contributed by atoms with Crippen molar-refractivity contribution in [2.24, 2.45) is 17.8 Å². The zero-order chi connectivity index (χ0) is 13.9. The Morgan fingerprint density at radius 1 is 1.15 bits per heavy atom. The van der Waals surface area contributed by atoms with Gasteiger partial charge in [0.05, 0.1) is 11.1 Å². The monoisotopic (exact) mass is 381 g/mol. The van der Waals surface area contributed by atoms with E-state index in [4.69, 9.17) is 0 Å². The Labute approximate surface area is 131 Å². The molecule has 20 heavy (non-hydrogen) atoms. The molecular formula is C16H16INO2. The number of nitrogens with zero attached hydrogens (tertiary/aromatic N) is 1. The van der Waals surface area contributed by atoms with Gasteiger partial charge in [-0.25, -0.2) is 0 Å². The summed E-state index contributed by atoms with van der Waals surface area (Å²) < 4.78 is 0.883. The summed E-state index contributed by atoms with van der Waals surface area (Å²) in [6, 6.07) is 5.52. The molecule has 2 saturated carbocycles. The second-order valence-corrected chi connectivity index (χ2v) is 7.48. The predicted molar refractivity (Wildman–Crippen MR) is 83.5 cm³/mol. The molecule has 1 aromatic carbocycles. The average Bonchev–Trinajstić information content (AvgIpc) is 3.10. The zero-order valence-electron chi connectivity index (χ0n) is 11.1. The van der Waals surface area contributed by atoms with Crippen LogP contribution in [0, 0.1) is 21.3 Å². The lowest BCUT2D eigenvalue weighted by Crippen LogP contribution is -2.36. The molecule has 1 aromatic rings. The fraction of sp³-hybridized carbons (Fsp3) is 0.500. The number of imide groups is 1. The largest absolute Gasteiger partial charge is 0.274 e. The lowest BCUT2D eigenvalue weighted by Gasteiger charge is -2.25. The summed E-state index contributed by atoms with van der Waals surface area (Å²) in [6.07, 6.45) is 5.15. The Hall–Kier alpha value is -0.910. The summed E-state index contributed by atoms with van der Waals surface area (Å²) in [5.41, 5.74) is 1.20. The Morgan fingerprint density at radius 2 is 2.00 bits per heavy atom. The number of fused-ring (bicyclic) bond motifs is 3. The highest BCUT2D eigenvalue weighted by Gasteiger charge is 2.44. The fourth-order valence-corrected chi connectivity index (χ4v) is 5.02. The lowest BCUT2D eigenvalue weighted by molar-refractivity contribution is 0.0610. The molecule has 4 heteroatoms. The predicted octanol–water partition coefficient (Wildman–Crippen LogP) is 3.32. The highest BCUT2D eigenvalue weighted by atomic mass is 127. The van der Waals surface area contributed by atoms with E-state index in [0.29, 0.717) is 23.6 Å². The standard InChI is InChI=1S/C16H16INO2/c17-13-3-1-2-12-14(13)16(20)18(15(12)19)8-11-7-9-4-5-10(11)6-9/h1-3,9-11H,4-8H2. The second-order valence-electron chi connectivity index (χ2n) is 6.32. The van der Waals surface area contributed by atoms with Crippen LogP contribution in [0.15, 0.2) is 18.2 Å². The van der Waals surface area contributed by atoms with Crippen LogP contribution >= 0.6 is 22.6 Å². The van der Waals surface area contributed by atoms with Crippen molar-refractivity contribution < 1.29 is 9.59 Å². The summed E-state index contributed by atoms with van der Waals surface area (Å²) in [7, 11) is 0. The maximum absolute atomic E-state index is 12.5. The molecule has 0 radical (unpaired) electrons. The van der Waals surface area contributed by atoms with Crippen molar-refractivity contribution in [2.75, 3.05) is 6.54 Å². The first-order chi connectivity index (χ1) is 9.65.